The molecule has 0 spiro atoms. The van der Waals surface area contributed by atoms with Crippen molar-refractivity contribution < 1.29 is 18.6 Å². The molecule has 0 aromatic carbocycles. The topological polar surface area (TPSA) is 36.9 Å². The molecule has 0 radical (unpaired) electrons. The van der Waals surface area contributed by atoms with Crippen LogP contribution < -0.4 is 0 Å². The highest BCUT2D eigenvalue weighted by Gasteiger charge is 2.51. The summed E-state index contributed by atoms with van der Waals surface area (Å²) in [7, 11) is -1.85. The van der Waals surface area contributed by atoms with Gasteiger partial charge in [0, 0.05) is 6.32 Å². The number of rotatable bonds is 6. The second-order valence-corrected chi connectivity index (χ2v) is 16.3. The van der Waals surface area contributed by atoms with Gasteiger partial charge in [0.25, 0.3) is 0 Å². The summed E-state index contributed by atoms with van der Waals surface area (Å²) in [6.45, 7) is 23.8. The van der Waals surface area contributed by atoms with Crippen LogP contribution in [0.15, 0.2) is 23.3 Å². The molecule has 2 rings (SSSR count). The van der Waals surface area contributed by atoms with E-state index in [1.54, 1.807) is 0 Å². The Bertz CT molecular complexity index is 601. The van der Waals surface area contributed by atoms with E-state index in [-0.39, 0.29) is 36.6 Å². The van der Waals surface area contributed by atoms with E-state index in [9.17, 15) is 0 Å². The minimum atomic E-state index is -1.36. The van der Waals surface area contributed by atoms with Gasteiger partial charge in [-0.15, -0.1) is 0 Å². The van der Waals surface area contributed by atoms with Gasteiger partial charge in [0.1, 0.15) is 0 Å². The quantitative estimate of drug-likeness (QED) is 0.549. The third-order valence-electron chi connectivity index (χ3n) is 6.31. The molecule has 0 aliphatic carbocycles. The summed E-state index contributed by atoms with van der Waals surface area (Å²) in [5, 5.41) is 0. The van der Waals surface area contributed by atoms with Crippen molar-refractivity contribution in [2.24, 2.45) is 0 Å². The zero-order valence-corrected chi connectivity index (χ0v) is 20.9. The molecule has 2 aliphatic rings. The van der Waals surface area contributed by atoms with Gasteiger partial charge in [0.15, 0.2) is 0 Å². The van der Waals surface area contributed by atoms with E-state index in [1.165, 1.54) is 5.57 Å². The summed E-state index contributed by atoms with van der Waals surface area (Å²) in [6, 6.07) is 0. The lowest BCUT2D eigenvalue weighted by Gasteiger charge is -2.32. The Kier molecular flexibility index (Phi) is 6.61. The van der Waals surface area contributed by atoms with Gasteiger partial charge in [-0.1, -0.05) is 43.0 Å². The van der Waals surface area contributed by atoms with Crippen molar-refractivity contribution in [2.45, 2.75) is 110 Å². The molecule has 0 unspecified atom stereocenters. The van der Waals surface area contributed by atoms with Crippen LogP contribution in [0.3, 0.4) is 0 Å². The van der Waals surface area contributed by atoms with Crippen LogP contribution in [0.2, 0.25) is 26.0 Å². The predicted molar refractivity (Wildman–Crippen MR) is 122 cm³/mol. The number of allylic oxidation sites excluding steroid dienone is 2. The molecular formula is C21H40B2O4Si. The highest BCUT2D eigenvalue weighted by Crippen LogP contribution is 2.39. The largest absolute Gasteiger partial charge is 0.486 e. The van der Waals surface area contributed by atoms with E-state index in [0.717, 1.165) is 12.7 Å². The Hall–Kier alpha value is -0.333. The fourth-order valence-electron chi connectivity index (χ4n) is 3.37. The van der Waals surface area contributed by atoms with Gasteiger partial charge >= 0.3 is 14.2 Å². The SMILES string of the molecule is CC1(C)OB(/C=C/C/C(=C\[Si](C)(C)C)CB2OC(C)(C)C(C)(C)O2)OC1(C)C. The lowest BCUT2D eigenvalue weighted by molar-refractivity contribution is 0.00578. The summed E-state index contributed by atoms with van der Waals surface area (Å²) in [5.74, 6) is 2.04. The highest BCUT2D eigenvalue weighted by molar-refractivity contribution is 6.81. The van der Waals surface area contributed by atoms with Crippen molar-refractivity contribution in [3.8, 4) is 0 Å². The lowest BCUT2D eigenvalue weighted by atomic mass is 9.79. The molecule has 2 heterocycles. The van der Waals surface area contributed by atoms with Gasteiger partial charge in [0.2, 0.25) is 0 Å². The Morgan fingerprint density at radius 3 is 1.61 bits per heavy atom. The Morgan fingerprint density at radius 2 is 1.18 bits per heavy atom. The minimum Gasteiger partial charge on any atom is -0.403 e. The molecule has 0 saturated carbocycles. The maximum atomic E-state index is 6.22. The molecule has 28 heavy (non-hydrogen) atoms. The smallest absolute Gasteiger partial charge is 0.403 e. The Labute approximate surface area is 174 Å². The first-order valence-corrected chi connectivity index (χ1v) is 14.1. The molecular weight excluding hydrogens is 366 g/mol. The first kappa shape index (κ1) is 23.9. The van der Waals surface area contributed by atoms with Crippen LogP contribution in [0.5, 0.6) is 0 Å². The van der Waals surface area contributed by atoms with Crippen molar-refractivity contribution in [2.75, 3.05) is 0 Å². The van der Waals surface area contributed by atoms with Crippen molar-refractivity contribution in [1.29, 1.82) is 0 Å². The van der Waals surface area contributed by atoms with Gasteiger partial charge < -0.3 is 18.6 Å². The zero-order chi connectivity index (χ0) is 21.6. The number of hydrogen-bond acceptors (Lipinski definition) is 4. The van der Waals surface area contributed by atoms with Crippen LogP contribution in [-0.2, 0) is 18.6 Å². The van der Waals surface area contributed by atoms with Crippen molar-refractivity contribution in [3.63, 3.8) is 0 Å². The van der Waals surface area contributed by atoms with Gasteiger partial charge in [-0.05, 0) is 61.8 Å². The average molecular weight is 406 g/mol. The van der Waals surface area contributed by atoms with E-state index >= 15 is 0 Å². The molecule has 0 aromatic heterocycles. The predicted octanol–water partition coefficient (Wildman–Crippen LogP) is 5.46. The molecule has 2 fully saturated rings. The van der Waals surface area contributed by atoms with Gasteiger partial charge in [-0.3, -0.25) is 0 Å². The van der Waals surface area contributed by atoms with Gasteiger partial charge in [-0.2, -0.15) is 0 Å². The van der Waals surface area contributed by atoms with E-state index in [2.05, 4.69) is 86.8 Å². The standard InChI is InChI=1S/C21H40B2O4Si/c1-18(2)19(3,4)25-22(24-18)14-12-13-17(16-28(9,10)11)15-23-26-20(5,6)21(7,8)27-23/h12,14,16H,13,15H2,1-11H3/b14-12+,17-16+. The molecule has 7 heteroatoms. The second kappa shape index (κ2) is 7.73. The number of hydrogen-bond donors (Lipinski definition) is 0. The van der Waals surface area contributed by atoms with Crippen LogP contribution in [0.1, 0.15) is 61.8 Å². The van der Waals surface area contributed by atoms with Crippen LogP contribution >= 0.6 is 0 Å². The summed E-state index contributed by atoms with van der Waals surface area (Å²) in [4.78, 5) is 0. The van der Waals surface area contributed by atoms with Crippen LogP contribution in [0, 0.1) is 0 Å². The van der Waals surface area contributed by atoms with E-state index < -0.39 is 8.07 Å². The molecule has 0 amide bonds. The molecule has 0 atom stereocenters. The average Bonchev–Trinajstić information content (AvgIpc) is 2.75. The highest BCUT2D eigenvalue weighted by atomic mass is 28.3. The van der Waals surface area contributed by atoms with Gasteiger partial charge in [-0.25, -0.2) is 0 Å². The maximum absolute atomic E-state index is 6.22. The van der Waals surface area contributed by atoms with Crippen molar-refractivity contribution in [1.82, 2.24) is 0 Å². The fourth-order valence-corrected chi connectivity index (χ4v) is 4.83. The first-order chi connectivity index (χ1) is 12.4. The summed E-state index contributed by atoms with van der Waals surface area (Å²) in [6.07, 6.45) is 3.82. The Balaban J connectivity index is 2.05. The second-order valence-electron chi connectivity index (χ2n) is 11.3. The third kappa shape index (κ3) is 5.63. The fraction of sp³-hybridized carbons (Fsp3) is 0.810. The van der Waals surface area contributed by atoms with E-state index in [0.29, 0.717) is 0 Å². The maximum Gasteiger partial charge on any atom is 0.486 e. The minimum absolute atomic E-state index is 0.196. The van der Waals surface area contributed by atoms with Crippen LogP contribution in [-0.4, -0.2) is 44.7 Å². The molecule has 0 N–H and O–H groups in total. The Morgan fingerprint density at radius 1 is 0.750 bits per heavy atom. The monoisotopic (exact) mass is 406 g/mol. The zero-order valence-electron chi connectivity index (χ0n) is 19.9. The van der Waals surface area contributed by atoms with E-state index in [4.69, 9.17) is 18.6 Å². The summed E-state index contributed by atoms with van der Waals surface area (Å²) < 4.78 is 24.6. The molecule has 0 aromatic rings. The normalized spacial score (nSPS) is 26.5. The third-order valence-corrected chi connectivity index (χ3v) is 7.59. The van der Waals surface area contributed by atoms with Crippen LogP contribution in [0.25, 0.3) is 0 Å². The van der Waals surface area contributed by atoms with Crippen molar-refractivity contribution >= 4 is 22.3 Å². The van der Waals surface area contributed by atoms with Crippen LogP contribution in [0.4, 0.5) is 0 Å². The molecule has 0 bridgehead atoms. The van der Waals surface area contributed by atoms with Gasteiger partial charge in [0.05, 0.1) is 30.5 Å². The lowest BCUT2D eigenvalue weighted by Crippen LogP contribution is -2.41. The van der Waals surface area contributed by atoms with Crippen molar-refractivity contribution in [3.05, 3.63) is 23.3 Å². The van der Waals surface area contributed by atoms with E-state index in [1.807, 2.05) is 5.98 Å². The first-order valence-electron chi connectivity index (χ1n) is 10.5. The molecule has 2 saturated heterocycles. The molecule has 2 aliphatic heterocycles. The molecule has 158 valence electrons. The molecule has 4 nitrogen and oxygen atoms in total. The summed E-state index contributed by atoms with van der Waals surface area (Å²) >= 11 is 0. The summed E-state index contributed by atoms with van der Waals surface area (Å²) in [5.41, 5.74) is 2.64.